The van der Waals surface area contributed by atoms with Crippen LogP contribution in [0.25, 0.3) is 5.69 Å². The summed E-state index contributed by atoms with van der Waals surface area (Å²) in [6, 6.07) is 5.78. The maximum absolute atomic E-state index is 14.0. The predicted octanol–water partition coefficient (Wildman–Crippen LogP) is 3.83. The summed E-state index contributed by atoms with van der Waals surface area (Å²) in [7, 11) is -3.36. The third-order valence-electron chi connectivity index (χ3n) is 9.48. The molecule has 37 heavy (non-hydrogen) atoms. The SMILES string of the molecule is CC(C)S(=O)(=O)N1CCN(c2cnn(-c3cccc(F)c3)c(=O)c2OC2CC3CCC2(C)C3(C)C)CC1. The first-order valence-corrected chi connectivity index (χ1v) is 14.7. The number of hydrogen-bond acceptors (Lipinski definition) is 6. The fraction of sp³-hybridized carbons (Fsp3) is 0.630. The van der Waals surface area contributed by atoms with Crippen LogP contribution in [-0.2, 0) is 10.0 Å². The Balaban J connectivity index is 1.51. The molecule has 3 fully saturated rings. The largest absolute Gasteiger partial charge is 0.482 e. The van der Waals surface area contributed by atoms with Crippen molar-refractivity contribution >= 4 is 15.7 Å². The molecule has 2 heterocycles. The molecular weight excluding hydrogens is 495 g/mol. The molecule has 1 aromatic carbocycles. The van der Waals surface area contributed by atoms with E-state index in [2.05, 4.69) is 25.9 Å². The van der Waals surface area contributed by atoms with Crippen molar-refractivity contribution in [3.63, 3.8) is 0 Å². The van der Waals surface area contributed by atoms with Gasteiger partial charge in [-0.05, 0) is 62.6 Å². The number of halogens is 1. The summed E-state index contributed by atoms with van der Waals surface area (Å²) < 4.78 is 48.6. The molecule has 2 bridgehead atoms. The zero-order valence-electron chi connectivity index (χ0n) is 22.3. The minimum atomic E-state index is -3.36. The van der Waals surface area contributed by atoms with Crippen LogP contribution in [0.4, 0.5) is 10.1 Å². The first kappa shape index (κ1) is 26.2. The Bertz CT molecular complexity index is 1350. The van der Waals surface area contributed by atoms with Gasteiger partial charge >= 0.3 is 5.56 Å². The van der Waals surface area contributed by atoms with Gasteiger partial charge in [-0.2, -0.15) is 14.1 Å². The maximum atomic E-state index is 14.0. The highest BCUT2D eigenvalue weighted by molar-refractivity contribution is 7.89. The molecule has 0 spiro atoms. The van der Waals surface area contributed by atoms with Gasteiger partial charge in [0.25, 0.3) is 0 Å². The summed E-state index contributed by atoms with van der Waals surface area (Å²) in [5.41, 5.74) is 0.475. The first-order chi connectivity index (χ1) is 17.4. The molecule has 2 saturated carbocycles. The van der Waals surface area contributed by atoms with Crippen molar-refractivity contribution in [2.45, 2.75) is 65.2 Å². The predicted molar refractivity (Wildman–Crippen MR) is 141 cm³/mol. The highest BCUT2D eigenvalue weighted by Gasteiger charge is 2.62. The number of sulfonamides is 1. The fourth-order valence-corrected chi connectivity index (χ4v) is 7.76. The summed E-state index contributed by atoms with van der Waals surface area (Å²) in [6.45, 7) is 11.7. The van der Waals surface area contributed by atoms with Gasteiger partial charge in [0, 0.05) is 31.6 Å². The lowest BCUT2D eigenvalue weighted by Gasteiger charge is -2.40. The average Bonchev–Trinajstić information content (AvgIpc) is 3.19. The molecule has 1 saturated heterocycles. The van der Waals surface area contributed by atoms with Crippen molar-refractivity contribution in [2.75, 3.05) is 31.1 Å². The number of aromatic nitrogens is 2. The number of hydrogen-bond donors (Lipinski definition) is 0. The minimum absolute atomic E-state index is 0.0711. The Morgan fingerprint density at radius 1 is 1.14 bits per heavy atom. The van der Waals surface area contributed by atoms with Gasteiger partial charge in [0.1, 0.15) is 17.6 Å². The van der Waals surface area contributed by atoms with Crippen molar-refractivity contribution in [3.8, 4) is 11.4 Å². The van der Waals surface area contributed by atoms with Crippen molar-refractivity contribution < 1.29 is 17.5 Å². The van der Waals surface area contributed by atoms with E-state index in [-0.39, 0.29) is 22.7 Å². The van der Waals surface area contributed by atoms with Crippen LogP contribution in [0, 0.1) is 22.6 Å². The highest BCUT2D eigenvalue weighted by Crippen LogP contribution is 2.66. The zero-order chi connectivity index (χ0) is 26.8. The van der Waals surface area contributed by atoms with E-state index in [4.69, 9.17) is 4.74 Å². The number of nitrogens with zero attached hydrogens (tertiary/aromatic N) is 4. The van der Waals surface area contributed by atoms with Crippen molar-refractivity contribution in [1.29, 1.82) is 0 Å². The number of ether oxygens (including phenoxy) is 1. The number of anilines is 1. The molecule has 202 valence electrons. The van der Waals surface area contributed by atoms with Crippen LogP contribution in [0.3, 0.4) is 0 Å². The van der Waals surface area contributed by atoms with Crippen LogP contribution >= 0.6 is 0 Å². The van der Waals surface area contributed by atoms with E-state index in [1.807, 2.05) is 4.90 Å². The van der Waals surface area contributed by atoms with Gasteiger partial charge in [0.05, 0.1) is 17.1 Å². The topological polar surface area (TPSA) is 84.7 Å². The van der Waals surface area contributed by atoms with Gasteiger partial charge in [-0.3, -0.25) is 4.79 Å². The molecule has 8 nitrogen and oxygen atoms in total. The molecule has 1 aromatic heterocycles. The molecule has 2 aliphatic carbocycles. The van der Waals surface area contributed by atoms with Crippen LogP contribution in [0.5, 0.6) is 5.75 Å². The Labute approximate surface area is 218 Å². The average molecular weight is 533 g/mol. The number of benzene rings is 1. The van der Waals surface area contributed by atoms with Crippen LogP contribution < -0.4 is 15.2 Å². The van der Waals surface area contributed by atoms with E-state index in [1.54, 1.807) is 32.2 Å². The fourth-order valence-electron chi connectivity index (χ4n) is 6.49. The Kier molecular flexibility index (Phi) is 6.42. The highest BCUT2D eigenvalue weighted by atomic mass is 32.2. The molecule has 3 atom stereocenters. The quantitative estimate of drug-likeness (QED) is 0.562. The van der Waals surface area contributed by atoms with Crippen molar-refractivity contribution in [1.82, 2.24) is 14.1 Å². The van der Waals surface area contributed by atoms with E-state index >= 15 is 0 Å². The molecule has 5 rings (SSSR count). The summed E-state index contributed by atoms with van der Waals surface area (Å²) in [5.74, 6) is 0.277. The molecule has 3 unspecified atom stereocenters. The Morgan fingerprint density at radius 2 is 1.84 bits per heavy atom. The van der Waals surface area contributed by atoms with Crippen molar-refractivity contribution in [3.05, 3.63) is 46.6 Å². The van der Waals surface area contributed by atoms with E-state index in [9.17, 15) is 17.6 Å². The Morgan fingerprint density at radius 3 is 2.41 bits per heavy atom. The smallest absolute Gasteiger partial charge is 0.316 e. The molecule has 3 aliphatic rings. The van der Waals surface area contributed by atoms with Gasteiger partial charge < -0.3 is 9.64 Å². The normalized spacial score (nSPS) is 27.7. The van der Waals surface area contributed by atoms with Gasteiger partial charge in [0.2, 0.25) is 15.8 Å². The summed E-state index contributed by atoms with van der Waals surface area (Å²) in [6.07, 6.45) is 4.55. The molecule has 10 heteroatoms. The van der Waals surface area contributed by atoms with Crippen LogP contribution in [-0.4, -0.2) is 60.0 Å². The lowest BCUT2D eigenvalue weighted by atomic mass is 9.70. The second-order valence-electron chi connectivity index (χ2n) is 11.8. The van der Waals surface area contributed by atoms with E-state index < -0.39 is 26.6 Å². The molecule has 0 radical (unpaired) electrons. The standard InChI is InChI=1S/C27H37FN4O4S/c1-18(2)37(34,35)31-13-11-30(12-14-31)22-17-29-32(21-8-6-7-20(28)16-21)25(33)24(22)36-23-15-19-9-10-27(23,5)26(19,3)4/h6-8,16-19,23H,9-15H2,1-5H3. The minimum Gasteiger partial charge on any atom is -0.482 e. The van der Waals surface area contributed by atoms with E-state index in [0.717, 1.165) is 19.3 Å². The number of piperazine rings is 1. The maximum Gasteiger partial charge on any atom is 0.316 e. The van der Waals surface area contributed by atoms with E-state index in [0.29, 0.717) is 43.5 Å². The number of fused-ring (bicyclic) bond motifs is 2. The molecule has 1 aliphatic heterocycles. The van der Waals surface area contributed by atoms with Crippen molar-refractivity contribution in [2.24, 2.45) is 16.7 Å². The monoisotopic (exact) mass is 532 g/mol. The molecule has 0 amide bonds. The lowest BCUT2D eigenvalue weighted by molar-refractivity contribution is 0.0292. The van der Waals surface area contributed by atoms with E-state index in [1.165, 1.54) is 21.1 Å². The lowest BCUT2D eigenvalue weighted by Crippen LogP contribution is -2.51. The molecular formula is C27H37FN4O4S. The van der Waals surface area contributed by atoms with Crippen LogP contribution in [0.15, 0.2) is 35.3 Å². The third kappa shape index (κ3) is 4.16. The summed E-state index contributed by atoms with van der Waals surface area (Å²) >= 11 is 0. The van der Waals surface area contributed by atoms with Crippen LogP contribution in [0.1, 0.15) is 53.9 Å². The van der Waals surface area contributed by atoms with Gasteiger partial charge in [-0.15, -0.1) is 0 Å². The van der Waals surface area contributed by atoms with Crippen LogP contribution in [0.2, 0.25) is 0 Å². The van der Waals surface area contributed by atoms with Gasteiger partial charge in [-0.25, -0.2) is 12.8 Å². The second kappa shape index (κ2) is 9.08. The first-order valence-electron chi connectivity index (χ1n) is 13.1. The number of rotatable bonds is 6. The van der Waals surface area contributed by atoms with Gasteiger partial charge in [0.15, 0.2) is 0 Å². The molecule has 0 N–H and O–H groups in total. The summed E-state index contributed by atoms with van der Waals surface area (Å²) in [5, 5.41) is 3.88. The summed E-state index contributed by atoms with van der Waals surface area (Å²) in [4.78, 5) is 15.8. The zero-order valence-corrected chi connectivity index (χ0v) is 23.1. The molecule has 2 aromatic rings. The third-order valence-corrected chi connectivity index (χ3v) is 11.8. The second-order valence-corrected chi connectivity index (χ2v) is 14.2. The Hall–Kier alpha value is -2.46. The van der Waals surface area contributed by atoms with Gasteiger partial charge in [-0.1, -0.05) is 26.8 Å².